The number of aromatic nitrogens is 1. The number of hydrogen-bond acceptors (Lipinski definition) is 6. The topological polar surface area (TPSA) is 91.3 Å². The van der Waals surface area contributed by atoms with Crippen molar-refractivity contribution in [1.29, 1.82) is 0 Å². The Kier molecular flexibility index (Phi) is 5.28. The molecule has 0 aliphatic carbocycles. The maximum absolute atomic E-state index is 12.3. The molecule has 0 saturated heterocycles. The maximum Gasteiger partial charge on any atom is 0.234 e. The molecular formula is C19H15N2O4S-. The molecule has 6 nitrogen and oxygen atoms in total. The summed E-state index contributed by atoms with van der Waals surface area (Å²) in [5.41, 5.74) is 0.450. The van der Waals surface area contributed by atoms with Crippen molar-refractivity contribution in [3.63, 3.8) is 0 Å². The van der Waals surface area contributed by atoms with Crippen LogP contribution in [0.15, 0.2) is 60.0 Å². The summed E-state index contributed by atoms with van der Waals surface area (Å²) in [5.74, 6) is -0.824. The average molecular weight is 367 g/mol. The highest BCUT2D eigenvalue weighted by atomic mass is 32.1. The number of nitrogens with zero attached hydrogens (tertiary/aromatic N) is 1. The Morgan fingerprint density at radius 3 is 2.35 bits per heavy atom. The molecule has 1 N–H and O–H groups in total. The Balaban J connectivity index is 1.62. The number of hydrogen-bond donors (Lipinski definition) is 1. The van der Waals surface area contributed by atoms with Crippen molar-refractivity contribution in [2.45, 2.75) is 12.8 Å². The fourth-order valence-corrected chi connectivity index (χ4v) is 3.02. The largest absolute Gasteiger partial charge is 0.543 e. The van der Waals surface area contributed by atoms with Crippen LogP contribution in [0.5, 0.6) is 11.5 Å². The molecule has 3 aromatic rings. The van der Waals surface area contributed by atoms with E-state index in [9.17, 15) is 14.7 Å². The summed E-state index contributed by atoms with van der Waals surface area (Å²) in [4.78, 5) is 27.0. The number of nitrogens with one attached hydrogen (secondary N) is 1. The number of ether oxygens (including phenoxy) is 1. The van der Waals surface area contributed by atoms with Crippen molar-refractivity contribution in [3.8, 4) is 11.5 Å². The van der Waals surface area contributed by atoms with E-state index in [4.69, 9.17) is 4.74 Å². The summed E-state index contributed by atoms with van der Waals surface area (Å²) < 4.78 is 5.70. The van der Waals surface area contributed by atoms with Gasteiger partial charge in [0.05, 0.1) is 17.6 Å². The first-order chi connectivity index (χ1) is 12.5. The van der Waals surface area contributed by atoms with Gasteiger partial charge in [-0.15, -0.1) is 11.3 Å². The molecule has 7 heteroatoms. The maximum atomic E-state index is 12.3. The van der Waals surface area contributed by atoms with E-state index in [-0.39, 0.29) is 11.6 Å². The smallest absolute Gasteiger partial charge is 0.234 e. The standard InChI is InChI=1S/C19H16N2O4S/c1-12(18-21-16(11-26-18)19(23)24)17(22)20-13-7-9-15(10-8-13)25-14-5-3-2-4-6-14/h2-12H,1H3,(H,20,22)(H,23,24)/p-1/t12-/m0/s1. The fourth-order valence-electron chi connectivity index (χ4n) is 2.17. The number of aromatic carboxylic acids is 1. The van der Waals surface area contributed by atoms with Crippen molar-refractivity contribution in [3.05, 3.63) is 70.7 Å². The SMILES string of the molecule is C[C@@H](C(=O)Nc1ccc(Oc2ccccc2)cc1)c1nc(C(=O)[O-])cs1. The molecule has 1 heterocycles. The predicted molar refractivity (Wildman–Crippen MR) is 96.4 cm³/mol. The number of carboxylic acids is 1. The molecule has 0 bridgehead atoms. The van der Waals surface area contributed by atoms with E-state index in [2.05, 4.69) is 10.3 Å². The molecule has 0 saturated carbocycles. The number of carbonyl (C=O) groups excluding carboxylic acids is 2. The molecule has 3 rings (SSSR count). The highest BCUT2D eigenvalue weighted by molar-refractivity contribution is 7.10. The van der Waals surface area contributed by atoms with Crippen molar-refractivity contribution < 1.29 is 19.4 Å². The first-order valence-electron chi connectivity index (χ1n) is 7.83. The highest BCUT2D eigenvalue weighted by Crippen LogP contribution is 2.25. The van der Waals surface area contributed by atoms with Crippen LogP contribution in [0.4, 0.5) is 5.69 Å². The van der Waals surface area contributed by atoms with Gasteiger partial charge in [-0.2, -0.15) is 0 Å². The lowest BCUT2D eigenvalue weighted by molar-refractivity contribution is -0.255. The molecule has 2 aromatic carbocycles. The van der Waals surface area contributed by atoms with Gasteiger partial charge in [0.2, 0.25) is 5.91 Å². The van der Waals surface area contributed by atoms with Crippen molar-refractivity contribution in [2.24, 2.45) is 0 Å². The number of carbonyl (C=O) groups is 2. The van der Waals surface area contributed by atoms with E-state index in [0.29, 0.717) is 16.4 Å². The molecule has 1 atom stereocenters. The van der Waals surface area contributed by atoms with Crippen LogP contribution >= 0.6 is 11.3 Å². The second-order valence-corrected chi connectivity index (χ2v) is 6.40. The Labute approximate surface area is 154 Å². The minimum atomic E-state index is -1.35. The number of amides is 1. The van der Waals surface area contributed by atoms with Gasteiger partial charge in [0.25, 0.3) is 0 Å². The van der Waals surface area contributed by atoms with Gasteiger partial charge in [0.15, 0.2) is 0 Å². The number of benzene rings is 2. The number of carboxylic acid groups (broad SMARTS) is 1. The van der Waals surface area contributed by atoms with Gasteiger partial charge in [-0.25, -0.2) is 4.98 Å². The molecule has 0 radical (unpaired) electrons. The van der Waals surface area contributed by atoms with Crippen LogP contribution in [0.2, 0.25) is 0 Å². The van der Waals surface area contributed by atoms with Gasteiger partial charge in [-0.3, -0.25) is 4.79 Å². The first-order valence-corrected chi connectivity index (χ1v) is 8.71. The molecule has 0 unspecified atom stereocenters. The zero-order chi connectivity index (χ0) is 18.5. The molecule has 26 heavy (non-hydrogen) atoms. The normalized spacial score (nSPS) is 11.6. The number of para-hydroxylation sites is 1. The Morgan fingerprint density at radius 1 is 1.08 bits per heavy atom. The fraction of sp³-hybridized carbons (Fsp3) is 0.105. The van der Waals surface area contributed by atoms with Gasteiger partial charge in [0, 0.05) is 11.1 Å². The second-order valence-electron chi connectivity index (χ2n) is 5.51. The van der Waals surface area contributed by atoms with E-state index >= 15 is 0 Å². The molecule has 0 aliphatic rings. The van der Waals surface area contributed by atoms with Crippen LogP contribution < -0.4 is 15.2 Å². The van der Waals surface area contributed by atoms with E-state index in [1.165, 1.54) is 5.38 Å². The third kappa shape index (κ3) is 4.25. The Morgan fingerprint density at radius 2 is 1.73 bits per heavy atom. The van der Waals surface area contributed by atoms with Gasteiger partial charge in [-0.05, 0) is 43.3 Å². The summed E-state index contributed by atoms with van der Waals surface area (Å²) in [6.07, 6.45) is 0. The van der Waals surface area contributed by atoms with E-state index in [0.717, 1.165) is 17.1 Å². The van der Waals surface area contributed by atoms with Crippen LogP contribution in [0, 0.1) is 0 Å². The van der Waals surface area contributed by atoms with Crippen molar-refractivity contribution in [2.75, 3.05) is 5.32 Å². The first kappa shape index (κ1) is 17.6. The van der Waals surface area contributed by atoms with Crippen LogP contribution in [-0.4, -0.2) is 16.9 Å². The molecule has 132 valence electrons. The minimum absolute atomic E-state index is 0.160. The summed E-state index contributed by atoms with van der Waals surface area (Å²) in [7, 11) is 0. The molecule has 0 spiro atoms. The lowest BCUT2D eigenvalue weighted by Gasteiger charge is -2.11. The minimum Gasteiger partial charge on any atom is -0.543 e. The third-order valence-corrected chi connectivity index (χ3v) is 4.62. The summed E-state index contributed by atoms with van der Waals surface area (Å²) in [6.45, 7) is 1.67. The summed E-state index contributed by atoms with van der Waals surface area (Å²) in [6, 6.07) is 16.4. The highest BCUT2D eigenvalue weighted by Gasteiger charge is 2.19. The van der Waals surface area contributed by atoms with Crippen LogP contribution in [0.1, 0.15) is 28.3 Å². The van der Waals surface area contributed by atoms with Crippen LogP contribution in [0.25, 0.3) is 0 Å². The molecule has 1 aromatic heterocycles. The number of thiazole rings is 1. The zero-order valence-electron chi connectivity index (χ0n) is 13.8. The van der Waals surface area contributed by atoms with E-state index in [1.807, 2.05) is 30.3 Å². The molecule has 0 fully saturated rings. The number of anilines is 1. The second kappa shape index (κ2) is 7.79. The number of rotatable bonds is 6. The van der Waals surface area contributed by atoms with E-state index in [1.54, 1.807) is 31.2 Å². The summed E-state index contributed by atoms with van der Waals surface area (Å²) >= 11 is 1.12. The Hall–Kier alpha value is -3.19. The van der Waals surface area contributed by atoms with Crippen LogP contribution in [-0.2, 0) is 4.79 Å². The van der Waals surface area contributed by atoms with Crippen molar-refractivity contribution >= 4 is 28.9 Å². The average Bonchev–Trinajstić information content (AvgIpc) is 3.14. The monoisotopic (exact) mass is 367 g/mol. The van der Waals surface area contributed by atoms with Gasteiger partial charge in [0.1, 0.15) is 16.5 Å². The Bertz CT molecular complexity index is 907. The predicted octanol–water partition coefficient (Wildman–Crippen LogP) is 3.04. The van der Waals surface area contributed by atoms with Crippen molar-refractivity contribution in [1.82, 2.24) is 4.98 Å². The van der Waals surface area contributed by atoms with E-state index < -0.39 is 11.9 Å². The van der Waals surface area contributed by atoms with Gasteiger partial charge < -0.3 is 20.0 Å². The van der Waals surface area contributed by atoms with Crippen LogP contribution in [0.3, 0.4) is 0 Å². The van der Waals surface area contributed by atoms with Gasteiger partial charge >= 0.3 is 0 Å². The molecular weight excluding hydrogens is 352 g/mol. The lowest BCUT2D eigenvalue weighted by Crippen LogP contribution is -2.23. The quantitative estimate of drug-likeness (QED) is 0.723. The summed E-state index contributed by atoms with van der Waals surface area (Å²) in [5, 5.41) is 15.3. The zero-order valence-corrected chi connectivity index (χ0v) is 14.7. The third-order valence-electron chi connectivity index (χ3n) is 3.60. The molecule has 1 amide bonds. The molecule has 0 aliphatic heterocycles. The van der Waals surface area contributed by atoms with Gasteiger partial charge in [-0.1, -0.05) is 18.2 Å². The lowest BCUT2D eigenvalue weighted by atomic mass is 10.1.